The molecule has 1 aromatic carbocycles. The minimum Gasteiger partial charge on any atom is -0.310 e. The minimum atomic E-state index is -0.157. The molecular formula is C17H22FN3. The highest BCUT2D eigenvalue weighted by Gasteiger charge is 2.20. The second-order valence-corrected chi connectivity index (χ2v) is 5.88. The van der Waals surface area contributed by atoms with Gasteiger partial charge in [0.1, 0.15) is 5.82 Å². The lowest BCUT2D eigenvalue weighted by Crippen LogP contribution is -2.15. The van der Waals surface area contributed by atoms with Crippen LogP contribution in [0.2, 0.25) is 0 Å². The molecule has 3 rings (SSSR count). The van der Waals surface area contributed by atoms with Gasteiger partial charge in [-0.1, -0.05) is 25.5 Å². The van der Waals surface area contributed by atoms with Gasteiger partial charge in [-0.2, -0.15) is 5.10 Å². The van der Waals surface area contributed by atoms with E-state index in [2.05, 4.69) is 17.3 Å². The summed E-state index contributed by atoms with van der Waals surface area (Å²) < 4.78 is 16.2. The van der Waals surface area contributed by atoms with Crippen molar-refractivity contribution in [2.24, 2.45) is 7.05 Å². The van der Waals surface area contributed by atoms with Crippen molar-refractivity contribution in [1.82, 2.24) is 15.1 Å². The van der Waals surface area contributed by atoms with Gasteiger partial charge in [-0.05, 0) is 30.9 Å². The second kappa shape index (κ2) is 5.98. The van der Waals surface area contributed by atoms with Crippen LogP contribution < -0.4 is 5.32 Å². The Morgan fingerprint density at radius 3 is 2.81 bits per heavy atom. The van der Waals surface area contributed by atoms with Crippen LogP contribution in [0.15, 0.2) is 24.4 Å². The van der Waals surface area contributed by atoms with Gasteiger partial charge in [0.25, 0.3) is 0 Å². The third-order valence-electron chi connectivity index (χ3n) is 3.89. The third-order valence-corrected chi connectivity index (χ3v) is 3.89. The van der Waals surface area contributed by atoms with E-state index in [1.54, 1.807) is 10.7 Å². The molecule has 0 spiro atoms. The molecule has 0 amide bonds. The SMILES string of the molecule is CCCc1nn(C)cc1-c1ccc(CNC2CC2)cc1F. The molecule has 2 aromatic rings. The Hall–Kier alpha value is -1.68. The van der Waals surface area contributed by atoms with Crippen molar-refractivity contribution < 1.29 is 4.39 Å². The van der Waals surface area contributed by atoms with Gasteiger partial charge < -0.3 is 5.32 Å². The van der Waals surface area contributed by atoms with Gasteiger partial charge in [-0.15, -0.1) is 0 Å². The van der Waals surface area contributed by atoms with E-state index in [1.165, 1.54) is 12.8 Å². The number of nitrogens with zero attached hydrogens (tertiary/aromatic N) is 2. The standard InChI is InChI=1S/C17H22FN3/c1-3-4-17-15(11-21(2)20-17)14-8-5-12(9-16(14)18)10-19-13-6-7-13/h5,8-9,11,13,19H,3-4,6-7,10H2,1-2H3. The fraction of sp³-hybridized carbons (Fsp3) is 0.471. The molecular weight excluding hydrogens is 265 g/mol. The van der Waals surface area contributed by atoms with E-state index in [4.69, 9.17) is 0 Å². The first-order valence-electron chi connectivity index (χ1n) is 7.72. The molecule has 1 aliphatic rings. The van der Waals surface area contributed by atoms with Crippen molar-refractivity contribution in [2.45, 2.75) is 45.2 Å². The number of hydrogen-bond acceptors (Lipinski definition) is 2. The number of hydrogen-bond donors (Lipinski definition) is 1. The van der Waals surface area contributed by atoms with Gasteiger partial charge in [-0.25, -0.2) is 4.39 Å². The number of aryl methyl sites for hydroxylation is 2. The van der Waals surface area contributed by atoms with Crippen molar-refractivity contribution in [3.05, 3.63) is 41.5 Å². The van der Waals surface area contributed by atoms with Crippen LogP contribution in [-0.4, -0.2) is 15.8 Å². The third kappa shape index (κ3) is 3.32. The maximum Gasteiger partial charge on any atom is 0.131 e. The zero-order chi connectivity index (χ0) is 14.8. The Labute approximate surface area is 125 Å². The first-order valence-corrected chi connectivity index (χ1v) is 7.72. The molecule has 21 heavy (non-hydrogen) atoms. The number of halogens is 1. The van der Waals surface area contributed by atoms with Crippen LogP contribution in [0.3, 0.4) is 0 Å². The summed E-state index contributed by atoms with van der Waals surface area (Å²) in [6, 6.07) is 6.18. The molecule has 0 aliphatic heterocycles. The fourth-order valence-corrected chi connectivity index (χ4v) is 2.62. The summed E-state index contributed by atoms with van der Waals surface area (Å²) in [5.41, 5.74) is 3.55. The number of benzene rings is 1. The molecule has 1 aromatic heterocycles. The normalized spacial score (nSPS) is 14.6. The minimum absolute atomic E-state index is 0.157. The van der Waals surface area contributed by atoms with Crippen LogP contribution in [0, 0.1) is 5.82 Å². The van der Waals surface area contributed by atoms with E-state index < -0.39 is 0 Å². The molecule has 0 bridgehead atoms. The van der Waals surface area contributed by atoms with Crippen LogP contribution in [0.5, 0.6) is 0 Å². The van der Waals surface area contributed by atoms with Crippen molar-refractivity contribution in [3.8, 4) is 11.1 Å². The number of rotatable bonds is 6. The van der Waals surface area contributed by atoms with E-state index >= 15 is 0 Å². The second-order valence-electron chi connectivity index (χ2n) is 5.88. The van der Waals surface area contributed by atoms with Gasteiger partial charge >= 0.3 is 0 Å². The summed E-state index contributed by atoms with van der Waals surface area (Å²) in [5.74, 6) is -0.157. The Morgan fingerprint density at radius 2 is 2.14 bits per heavy atom. The molecule has 1 saturated carbocycles. The molecule has 0 unspecified atom stereocenters. The zero-order valence-electron chi connectivity index (χ0n) is 12.7. The molecule has 0 atom stereocenters. The summed E-state index contributed by atoms with van der Waals surface area (Å²) in [4.78, 5) is 0. The lowest BCUT2D eigenvalue weighted by atomic mass is 10.0. The largest absolute Gasteiger partial charge is 0.310 e. The lowest BCUT2D eigenvalue weighted by Gasteiger charge is -2.07. The van der Waals surface area contributed by atoms with Crippen molar-refractivity contribution in [1.29, 1.82) is 0 Å². The number of aromatic nitrogens is 2. The Bertz CT molecular complexity index is 629. The zero-order valence-corrected chi connectivity index (χ0v) is 12.7. The van der Waals surface area contributed by atoms with Crippen LogP contribution in [-0.2, 0) is 20.0 Å². The van der Waals surface area contributed by atoms with E-state index in [-0.39, 0.29) is 5.82 Å². The molecule has 112 valence electrons. The van der Waals surface area contributed by atoms with Gasteiger partial charge in [0, 0.05) is 37.0 Å². The summed E-state index contributed by atoms with van der Waals surface area (Å²) in [6.07, 6.45) is 6.29. The van der Waals surface area contributed by atoms with E-state index in [9.17, 15) is 4.39 Å². The van der Waals surface area contributed by atoms with Gasteiger partial charge in [-0.3, -0.25) is 4.68 Å². The van der Waals surface area contributed by atoms with Crippen LogP contribution >= 0.6 is 0 Å². The van der Waals surface area contributed by atoms with E-state index in [1.807, 2.05) is 25.4 Å². The smallest absolute Gasteiger partial charge is 0.131 e. The summed E-state index contributed by atoms with van der Waals surface area (Å²) in [7, 11) is 1.88. The van der Waals surface area contributed by atoms with Gasteiger partial charge in [0.15, 0.2) is 0 Å². The lowest BCUT2D eigenvalue weighted by molar-refractivity contribution is 0.622. The molecule has 1 heterocycles. The maximum atomic E-state index is 14.4. The Morgan fingerprint density at radius 1 is 1.33 bits per heavy atom. The fourth-order valence-electron chi connectivity index (χ4n) is 2.62. The molecule has 1 aliphatic carbocycles. The first-order chi connectivity index (χ1) is 10.2. The highest BCUT2D eigenvalue weighted by molar-refractivity contribution is 5.66. The van der Waals surface area contributed by atoms with Crippen molar-refractivity contribution in [2.75, 3.05) is 0 Å². The molecule has 0 radical (unpaired) electrons. The maximum absolute atomic E-state index is 14.4. The van der Waals surface area contributed by atoms with Crippen LogP contribution in [0.4, 0.5) is 4.39 Å². The molecule has 4 heteroatoms. The van der Waals surface area contributed by atoms with E-state index in [0.717, 1.165) is 36.2 Å². The summed E-state index contributed by atoms with van der Waals surface area (Å²) in [5, 5.41) is 7.86. The monoisotopic (exact) mass is 287 g/mol. The Kier molecular flexibility index (Phi) is 4.06. The van der Waals surface area contributed by atoms with Gasteiger partial charge in [0.2, 0.25) is 0 Å². The Balaban J connectivity index is 1.84. The van der Waals surface area contributed by atoms with Crippen molar-refractivity contribution >= 4 is 0 Å². The van der Waals surface area contributed by atoms with Crippen LogP contribution in [0.1, 0.15) is 37.4 Å². The average Bonchev–Trinajstić information content (AvgIpc) is 3.21. The number of nitrogens with one attached hydrogen (secondary N) is 1. The molecule has 1 N–H and O–H groups in total. The predicted octanol–water partition coefficient (Wildman–Crippen LogP) is 3.43. The first kappa shape index (κ1) is 14.3. The topological polar surface area (TPSA) is 29.9 Å². The summed E-state index contributed by atoms with van der Waals surface area (Å²) >= 11 is 0. The molecule has 1 fully saturated rings. The highest BCUT2D eigenvalue weighted by Crippen LogP contribution is 2.27. The predicted molar refractivity (Wildman–Crippen MR) is 82.5 cm³/mol. The average molecular weight is 287 g/mol. The highest BCUT2D eigenvalue weighted by atomic mass is 19.1. The van der Waals surface area contributed by atoms with Crippen molar-refractivity contribution in [3.63, 3.8) is 0 Å². The molecule has 0 saturated heterocycles. The van der Waals surface area contributed by atoms with Crippen LogP contribution in [0.25, 0.3) is 11.1 Å². The molecule has 3 nitrogen and oxygen atoms in total. The quantitative estimate of drug-likeness (QED) is 0.882. The van der Waals surface area contributed by atoms with E-state index in [0.29, 0.717) is 11.6 Å². The summed E-state index contributed by atoms with van der Waals surface area (Å²) in [6.45, 7) is 2.86. The van der Waals surface area contributed by atoms with Gasteiger partial charge in [0.05, 0.1) is 5.69 Å².